The van der Waals surface area contributed by atoms with E-state index < -0.39 is 0 Å². The minimum absolute atomic E-state index is 0.0799. The first-order chi connectivity index (χ1) is 15.2. The number of rotatable bonds is 0. The van der Waals surface area contributed by atoms with Gasteiger partial charge in [0.2, 0.25) is 0 Å². The Bertz CT molecular complexity index is 594. The van der Waals surface area contributed by atoms with Crippen LogP contribution in [0.5, 0.6) is 0 Å². The number of hydrogen-bond acceptors (Lipinski definition) is 5. The average Bonchev–Trinajstić information content (AvgIpc) is 2.70. The van der Waals surface area contributed by atoms with Crippen LogP contribution in [0.2, 0.25) is 0 Å². The van der Waals surface area contributed by atoms with Crippen molar-refractivity contribution in [2.45, 2.75) is 65.1 Å². The van der Waals surface area contributed by atoms with Gasteiger partial charge in [-0.15, -0.1) is 0 Å². The Kier molecular flexibility index (Phi) is 12.5. The Morgan fingerprint density at radius 2 is 1.00 bits per heavy atom. The van der Waals surface area contributed by atoms with Crippen LogP contribution in [0.15, 0.2) is 18.2 Å². The first-order valence-electron chi connectivity index (χ1n) is 11.9. The second-order valence-corrected chi connectivity index (χ2v) is 16.9. The standard InChI is InChI=1S/C25H45NO4P2/c1-24(2,3)31-16-14-27-10-12-29-20-22-8-7-9-23(26-22)21-30-13-11-28-15-17-32(19-18-31)25(4,5)6/h7-9H,10-21H2,1-6H3. The Labute approximate surface area is 198 Å². The molecule has 2 rings (SSSR count). The van der Waals surface area contributed by atoms with Gasteiger partial charge in [-0.2, -0.15) is 0 Å². The average molecular weight is 486 g/mol. The highest BCUT2D eigenvalue weighted by atomic mass is 31.1. The molecule has 0 aromatic carbocycles. The van der Waals surface area contributed by atoms with E-state index in [1.807, 2.05) is 18.2 Å². The molecular weight excluding hydrogens is 440 g/mol. The van der Waals surface area contributed by atoms with Crippen LogP contribution in [0.25, 0.3) is 0 Å². The van der Waals surface area contributed by atoms with E-state index in [1.54, 1.807) is 0 Å². The zero-order valence-corrected chi connectivity index (χ0v) is 23.0. The molecule has 1 aliphatic heterocycles. The maximum absolute atomic E-state index is 5.94. The fourth-order valence-corrected chi connectivity index (χ4v) is 9.40. The fraction of sp³-hybridized carbons (Fsp3) is 0.800. The van der Waals surface area contributed by atoms with E-state index in [9.17, 15) is 0 Å². The van der Waals surface area contributed by atoms with E-state index in [-0.39, 0.29) is 15.8 Å². The summed E-state index contributed by atoms with van der Waals surface area (Å²) in [6, 6.07) is 6.00. The van der Waals surface area contributed by atoms with Crippen molar-refractivity contribution in [1.29, 1.82) is 0 Å². The first kappa shape index (κ1) is 28.1. The summed E-state index contributed by atoms with van der Waals surface area (Å²) in [7, 11) is -0.160. The molecule has 0 radical (unpaired) electrons. The zero-order chi connectivity index (χ0) is 23.5. The molecule has 0 spiro atoms. The van der Waals surface area contributed by atoms with Crippen molar-refractivity contribution in [3.63, 3.8) is 0 Å². The van der Waals surface area contributed by atoms with E-state index in [4.69, 9.17) is 18.9 Å². The van der Waals surface area contributed by atoms with Gasteiger partial charge in [-0.25, -0.2) is 0 Å². The molecule has 0 saturated heterocycles. The summed E-state index contributed by atoms with van der Waals surface area (Å²) in [6.45, 7) is 19.5. The van der Waals surface area contributed by atoms with Crippen molar-refractivity contribution in [2.24, 2.45) is 0 Å². The van der Waals surface area contributed by atoms with Gasteiger partial charge in [0.1, 0.15) is 0 Å². The molecule has 2 atom stereocenters. The van der Waals surface area contributed by atoms with Crippen molar-refractivity contribution in [3.05, 3.63) is 29.6 Å². The number of pyridine rings is 1. The summed E-state index contributed by atoms with van der Waals surface area (Å²) in [5, 5.41) is 0.710. The third-order valence-electron chi connectivity index (χ3n) is 5.66. The number of fused-ring (bicyclic) bond motifs is 2. The zero-order valence-electron chi connectivity index (χ0n) is 21.2. The monoisotopic (exact) mass is 485 g/mol. The molecule has 1 aliphatic rings. The van der Waals surface area contributed by atoms with E-state index in [1.165, 1.54) is 24.6 Å². The van der Waals surface area contributed by atoms with Gasteiger partial charge in [0, 0.05) is 0 Å². The van der Waals surface area contributed by atoms with Gasteiger partial charge in [-0.05, 0) is 47.1 Å². The molecule has 184 valence electrons. The highest BCUT2D eigenvalue weighted by Gasteiger charge is 2.28. The van der Waals surface area contributed by atoms with Crippen LogP contribution < -0.4 is 0 Å². The van der Waals surface area contributed by atoms with Gasteiger partial charge in [-0.3, -0.25) is 4.98 Å². The molecule has 1 aromatic heterocycles. The van der Waals surface area contributed by atoms with Crippen molar-refractivity contribution >= 4 is 15.8 Å². The highest BCUT2D eigenvalue weighted by molar-refractivity contribution is 7.63. The Morgan fingerprint density at radius 3 is 1.41 bits per heavy atom. The maximum Gasteiger partial charge on any atom is 0.0889 e. The first-order valence-corrected chi connectivity index (χ1v) is 15.3. The van der Waals surface area contributed by atoms with E-state index in [0.717, 1.165) is 24.6 Å². The molecule has 0 N–H and O–H groups in total. The summed E-state index contributed by atoms with van der Waals surface area (Å²) in [5.41, 5.74) is 1.86. The van der Waals surface area contributed by atoms with Gasteiger partial charge in [-0.1, -0.05) is 63.5 Å². The van der Waals surface area contributed by atoms with E-state index in [0.29, 0.717) is 50.0 Å². The normalized spacial score (nSPS) is 24.4. The molecule has 0 aliphatic carbocycles. The lowest BCUT2D eigenvalue weighted by Gasteiger charge is -2.36. The molecule has 0 fully saturated rings. The summed E-state index contributed by atoms with van der Waals surface area (Å²) in [6.07, 6.45) is 4.99. The summed E-state index contributed by atoms with van der Waals surface area (Å²) in [5.74, 6) is 0. The van der Waals surface area contributed by atoms with Gasteiger partial charge in [0.25, 0.3) is 0 Å². The minimum atomic E-state index is -0.0799. The van der Waals surface area contributed by atoms with E-state index in [2.05, 4.69) is 46.5 Å². The Balaban J connectivity index is 1.97. The molecule has 5 nitrogen and oxygen atoms in total. The van der Waals surface area contributed by atoms with Crippen LogP contribution in [0.3, 0.4) is 0 Å². The van der Waals surface area contributed by atoms with E-state index >= 15 is 0 Å². The maximum atomic E-state index is 5.94. The molecule has 2 bridgehead atoms. The molecule has 2 heterocycles. The highest BCUT2D eigenvalue weighted by Crippen LogP contribution is 2.55. The lowest BCUT2D eigenvalue weighted by Crippen LogP contribution is -2.23. The van der Waals surface area contributed by atoms with Crippen molar-refractivity contribution < 1.29 is 18.9 Å². The topological polar surface area (TPSA) is 49.8 Å². The smallest absolute Gasteiger partial charge is 0.0889 e. The summed E-state index contributed by atoms with van der Waals surface area (Å²) < 4.78 is 23.4. The SMILES string of the molecule is CC(C)(C)P1CCOCCOCc2cccc(n2)COCCOCCP(C(C)(C)C)CC1. The summed E-state index contributed by atoms with van der Waals surface area (Å²) >= 11 is 0. The molecule has 7 heteroatoms. The minimum Gasteiger partial charge on any atom is -0.379 e. The largest absolute Gasteiger partial charge is 0.379 e. The van der Waals surface area contributed by atoms with Crippen LogP contribution in [0.1, 0.15) is 52.9 Å². The predicted octanol–water partition coefficient (Wildman–Crippen LogP) is 5.72. The van der Waals surface area contributed by atoms with Gasteiger partial charge in [0.05, 0.1) is 64.2 Å². The second-order valence-electron chi connectivity index (χ2n) is 10.3. The molecular formula is C25H45NO4P2. The van der Waals surface area contributed by atoms with Crippen molar-refractivity contribution in [3.8, 4) is 0 Å². The molecule has 1 aromatic rings. The van der Waals surface area contributed by atoms with Crippen LogP contribution in [0.4, 0.5) is 0 Å². The number of nitrogens with zero attached hydrogens (tertiary/aromatic N) is 1. The number of hydrogen-bond donors (Lipinski definition) is 0. The van der Waals surface area contributed by atoms with Crippen LogP contribution in [-0.2, 0) is 32.2 Å². The third-order valence-corrected chi connectivity index (χ3v) is 12.8. The number of ether oxygens (including phenoxy) is 4. The Morgan fingerprint density at radius 1 is 0.594 bits per heavy atom. The molecule has 0 saturated carbocycles. The molecule has 0 amide bonds. The summed E-state index contributed by atoms with van der Waals surface area (Å²) in [4.78, 5) is 4.62. The Hall–Kier alpha value is -0.150. The lowest BCUT2D eigenvalue weighted by molar-refractivity contribution is 0.0417. The van der Waals surface area contributed by atoms with Gasteiger partial charge >= 0.3 is 0 Å². The second kappa shape index (κ2) is 14.3. The van der Waals surface area contributed by atoms with Crippen LogP contribution in [0, 0.1) is 0 Å². The predicted molar refractivity (Wildman–Crippen MR) is 138 cm³/mol. The number of aromatic nitrogens is 1. The quantitative estimate of drug-likeness (QED) is 0.440. The van der Waals surface area contributed by atoms with Gasteiger partial charge in [0.15, 0.2) is 0 Å². The lowest BCUT2D eigenvalue weighted by atomic mass is 10.3. The van der Waals surface area contributed by atoms with Gasteiger partial charge < -0.3 is 18.9 Å². The van der Waals surface area contributed by atoms with Crippen LogP contribution in [-0.4, -0.2) is 79.6 Å². The molecule has 32 heavy (non-hydrogen) atoms. The molecule has 2 unspecified atom stereocenters. The van der Waals surface area contributed by atoms with Crippen molar-refractivity contribution in [1.82, 2.24) is 4.98 Å². The van der Waals surface area contributed by atoms with Crippen LogP contribution >= 0.6 is 15.8 Å². The fourth-order valence-electron chi connectivity index (χ4n) is 3.64. The van der Waals surface area contributed by atoms with Crippen molar-refractivity contribution in [2.75, 3.05) is 64.3 Å². The third kappa shape index (κ3) is 11.3.